The van der Waals surface area contributed by atoms with Crippen molar-refractivity contribution in [3.63, 3.8) is 0 Å². The quantitative estimate of drug-likeness (QED) is 0.756. The van der Waals surface area contributed by atoms with Gasteiger partial charge < -0.3 is 14.2 Å². The maximum atomic E-state index is 5.50. The Morgan fingerprint density at radius 2 is 1.67 bits per heavy atom. The molecule has 1 atom stereocenters. The standard InChI is InChI=1S/C13H22N2O3/c1-13(2,3)10(16-4)11-14-8-7-9(15-11)12(17-5)18-6/h7-8,10,12H,1-6H3. The molecule has 1 aromatic heterocycles. The van der Waals surface area contributed by atoms with Gasteiger partial charge in [0.15, 0.2) is 5.82 Å². The van der Waals surface area contributed by atoms with Crippen LogP contribution in [0.25, 0.3) is 0 Å². The van der Waals surface area contributed by atoms with Crippen molar-refractivity contribution in [1.29, 1.82) is 0 Å². The van der Waals surface area contributed by atoms with Crippen LogP contribution in [0.4, 0.5) is 0 Å². The Morgan fingerprint density at radius 3 is 2.11 bits per heavy atom. The van der Waals surface area contributed by atoms with Crippen molar-refractivity contribution in [2.45, 2.75) is 33.2 Å². The van der Waals surface area contributed by atoms with Gasteiger partial charge in [-0.15, -0.1) is 0 Å². The van der Waals surface area contributed by atoms with Gasteiger partial charge in [-0.2, -0.15) is 0 Å². The van der Waals surface area contributed by atoms with Crippen LogP contribution in [-0.2, 0) is 14.2 Å². The molecule has 5 nitrogen and oxygen atoms in total. The van der Waals surface area contributed by atoms with Gasteiger partial charge in [0.2, 0.25) is 6.29 Å². The first-order valence-corrected chi connectivity index (χ1v) is 5.85. The van der Waals surface area contributed by atoms with Crippen molar-refractivity contribution >= 4 is 0 Å². The molecule has 0 spiro atoms. The average Bonchev–Trinajstić information content (AvgIpc) is 2.30. The lowest BCUT2D eigenvalue weighted by Gasteiger charge is -2.28. The maximum Gasteiger partial charge on any atom is 0.200 e. The Hall–Kier alpha value is -1.04. The van der Waals surface area contributed by atoms with Crippen LogP contribution in [0.5, 0.6) is 0 Å². The highest BCUT2D eigenvalue weighted by Crippen LogP contribution is 2.33. The zero-order chi connectivity index (χ0) is 13.8. The molecule has 0 N–H and O–H groups in total. The van der Waals surface area contributed by atoms with Crippen molar-refractivity contribution in [3.05, 3.63) is 23.8 Å². The summed E-state index contributed by atoms with van der Waals surface area (Å²) < 4.78 is 15.9. The predicted molar refractivity (Wildman–Crippen MR) is 68.0 cm³/mol. The second-order valence-corrected chi connectivity index (χ2v) is 5.12. The van der Waals surface area contributed by atoms with Gasteiger partial charge in [0.1, 0.15) is 11.8 Å². The second kappa shape index (κ2) is 6.22. The fourth-order valence-electron chi connectivity index (χ4n) is 1.83. The Balaban J connectivity index is 3.07. The van der Waals surface area contributed by atoms with Crippen molar-refractivity contribution < 1.29 is 14.2 Å². The monoisotopic (exact) mass is 254 g/mol. The number of nitrogens with zero attached hydrogens (tertiary/aromatic N) is 2. The number of methoxy groups -OCH3 is 3. The van der Waals surface area contributed by atoms with Crippen molar-refractivity contribution in [3.8, 4) is 0 Å². The number of rotatable bonds is 5. The molecule has 0 radical (unpaired) electrons. The Labute approximate surface area is 108 Å². The fraction of sp³-hybridized carbons (Fsp3) is 0.692. The normalized spacial score (nSPS) is 13.9. The van der Waals surface area contributed by atoms with Crippen LogP contribution in [0.15, 0.2) is 12.3 Å². The van der Waals surface area contributed by atoms with E-state index in [0.29, 0.717) is 11.5 Å². The van der Waals surface area contributed by atoms with Crippen LogP contribution in [0.3, 0.4) is 0 Å². The fourth-order valence-corrected chi connectivity index (χ4v) is 1.83. The van der Waals surface area contributed by atoms with E-state index in [1.165, 1.54) is 0 Å². The lowest BCUT2D eigenvalue weighted by atomic mass is 9.88. The zero-order valence-corrected chi connectivity index (χ0v) is 11.9. The van der Waals surface area contributed by atoms with Crippen molar-refractivity contribution in [2.24, 2.45) is 5.41 Å². The third-order valence-corrected chi connectivity index (χ3v) is 2.62. The molecule has 0 bridgehead atoms. The van der Waals surface area contributed by atoms with Crippen LogP contribution in [0.2, 0.25) is 0 Å². The van der Waals surface area contributed by atoms with E-state index in [1.807, 2.05) is 0 Å². The lowest BCUT2D eigenvalue weighted by molar-refractivity contribution is -0.109. The molecular formula is C13H22N2O3. The van der Waals surface area contributed by atoms with E-state index in [-0.39, 0.29) is 11.5 Å². The molecule has 1 aromatic rings. The van der Waals surface area contributed by atoms with Crippen LogP contribution in [0.1, 0.15) is 44.7 Å². The largest absolute Gasteiger partial charge is 0.373 e. The summed E-state index contributed by atoms with van der Waals surface area (Å²) in [5.74, 6) is 0.640. The number of hydrogen-bond acceptors (Lipinski definition) is 5. The van der Waals surface area contributed by atoms with E-state index in [9.17, 15) is 0 Å². The van der Waals surface area contributed by atoms with Gasteiger partial charge in [-0.3, -0.25) is 0 Å². The van der Waals surface area contributed by atoms with Gasteiger partial charge in [0, 0.05) is 27.5 Å². The first-order chi connectivity index (χ1) is 8.43. The third kappa shape index (κ3) is 3.48. The van der Waals surface area contributed by atoms with E-state index in [1.54, 1.807) is 33.6 Å². The highest BCUT2D eigenvalue weighted by molar-refractivity contribution is 5.07. The summed E-state index contributed by atoms with van der Waals surface area (Å²) in [4.78, 5) is 8.75. The highest BCUT2D eigenvalue weighted by Gasteiger charge is 2.29. The number of ether oxygens (including phenoxy) is 3. The van der Waals surface area contributed by atoms with Gasteiger partial charge >= 0.3 is 0 Å². The summed E-state index contributed by atoms with van der Waals surface area (Å²) in [5, 5.41) is 0. The highest BCUT2D eigenvalue weighted by atomic mass is 16.7. The second-order valence-electron chi connectivity index (χ2n) is 5.12. The smallest absolute Gasteiger partial charge is 0.200 e. The van der Waals surface area contributed by atoms with E-state index >= 15 is 0 Å². The molecule has 1 heterocycles. The summed E-state index contributed by atoms with van der Waals surface area (Å²) in [6, 6.07) is 1.77. The molecule has 0 aliphatic carbocycles. The molecule has 0 aromatic carbocycles. The molecular weight excluding hydrogens is 232 g/mol. The van der Waals surface area contributed by atoms with Crippen LogP contribution < -0.4 is 0 Å². The minimum atomic E-state index is -0.482. The van der Waals surface area contributed by atoms with Crippen molar-refractivity contribution in [1.82, 2.24) is 9.97 Å². The molecule has 1 rings (SSSR count). The molecule has 0 saturated carbocycles. The molecule has 0 amide bonds. The Bertz CT molecular complexity index is 373. The van der Waals surface area contributed by atoms with E-state index in [2.05, 4.69) is 30.7 Å². The molecule has 5 heteroatoms. The minimum Gasteiger partial charge on any atom is -0.373 e. The molecule has 18 heavy (non-hydrogen) atoms. The summed E-state index contributed by atoms with van der Waals surface area (Å²) in [6.07, 6.45) is 1.04. The van der Waals surface area contributed by atoms with Gasteiger partial charge in [-0.05, 0) is 11.5 Å². The van der Waals surface area contributed by atoms with Crippen LogP contribution in [-0.4, -0.2) is 31.3 Å². The van der Waals surface area contributed by atoms with Gasteiger partial charge in [-0.25, -0.2) is 9.97 Å². The summed E-state index contributed by atoms with van der Waals surface area (Å²) in [6.45, 7) is 6.25. The van der Waals surface area contributed by atoms with Crippen LogP contribution >= 0.6 is 0 Å². The van der Waals surface area contributed by atoms with E-state index < -0.39 is 6.29 Å². The minimum absolute atomic E-state index is 0.0803. The zero-order valence-electron chi connectivity index (χ0n) is 11.9. The predicted octanol–water partition coefficient (Wildman–Crippen LogP) is 2.50. The number of aromatic nitrogens is 2. The first-order valence-electron chi connectivity index (χ1n) is 5.85. The molecule has 0 saturated heterocycles. The number of hydrogen-bond donors (Lipinski definition) is 0. The van der Waals surface area contributed by atoms with Gasteiger partial charge in [-0.1, -0.05) is 20.8 Å². The van der Waals surface area contributed by atoms with Gasteiger partial charge in [0.25, 0.3) is 0 Å². The molecule has 102 valence electrons. The Kier molecular flexibility index (Phi) is 5.19. The van der Waals surface area contributed by atoms with Crippen molar-refractivity contribution in [2.75, 3.05) is 21.3 Å². The summed E-state index contributed by atoms with van der Waals surface area (Å²) in [7, 11) is 4.82. The molecule has 0 fully saturated rings. The maximum absolute atomic E-state index is 5.50. The SMILES string of the molecule is COC(OC)c1ccnc(C(OC)C(C)(C)C)n1. The Morgan fingerprint density at radius 1 is 1.06 bits per heavy atom. The molecule has 1 unspecified atom stereocenters. The van der Waals surface area contributed by atoms with E-state index in [4.69, 9.17) is 14.2 Å². The first kappa shape index (κ1) is 15.0. The van der Waals surface area contributed by atoms with Crippen LogP contribution in [0, 0.1) is 5.41 Å². The molecule has 0 aliphatic heterocycles. The lowest BCUT2D eigenvalue weighted by Crippen LogP contribution is -2.23. The third-order valence-electron chi connectivity index (χ3n) is 2.62. The molecule has 0 aliphatic rings. The summed E-state index contributed by atoms with van der Waals surface area (Å²) in [5.41, 5.74) is 0.611. The van der Waals surface area contributed by atoms with E-state index in [0.717, 1.165) is 0 Å². The average molecular weight is 254 g/mol. The van der Waals surface area contributed by atoms with Gasteiger partial charge in [0.05, 0.1) is 0 Å². The topological polar surface area (TPSA) is 53.5 Å². The summed E-state index contributed by atoms with van der Waals surface area (Å²) >= 11 is 0.